The number of nitrogens with zero attached hydrogens (tertiary/aromatic N) is 3. The number of hydrogen-bond acceptors (Lipinski definition) is 1. The van der Waals surface area contributed by atoms with Gasteiger partial charge in [-0.05, 0) is 19.9 Å². The molecule has 2 aliphatic carbocycles. The molecule has 0 aromatic heterocycles. The number of allylic oxidation sites excluding steroid dienone is 2. The van der Waals surface area contributed by atoms with Crippen LogP contribution >= 0.6 is 0 Å². The highest BCUT2D eigenvalue weighted by Crippen LogP contribution is 2.24. The van der Waals surface area contributed by atoms with Gasteiger partial charge in [0.25, 0.3) is 0 Å². The molecule has 3 heteroatoms. The van der Waals surface area contributed by atoms with Gasteiger partial charge in [-0.2, -0.15) is 4.79 Å². The summed E-state index contributed by atoms with van der Waals surface area (Å²) >= 11 is 0. The predicted octanol–water partition coefficient (Wildman–Crippen LogP) is 2.42. The second-order valence-electron chi connectivity index (χ2n) is 4.69. The highest BCUT2D eigenvalue weighted by atomic mass is 15.2. The van der Waals surface area contributed by atoms with Crippen molar-refractivity contribution in [3.8, 4) is 0 Å². The molecule has 0 N–H and O–H groups in total. The fraction of sp³-hybridized carbons (Fsp3) is 0.615. The first kappa shape index (κ1) is 11.3. The van der Waals surface area contributed by atoms with E-state index >= 15 is 0 Å². The average Bonchev–Trinajstić information content (AvgIpc) is 2.39. The molecule has 0 heterocycles. The number of hydrogen-bond donors (Lipinski definition) is 0. The van der Waals surface area contributed by atoms with Crippen LogP contribution in [0.4, 0.5) is 0 Å². The van der Waals surface area contributed by atoms with Crippen LogP contribution in [0.1, 0.15) is 32.1 Å². The molecule has 0 radical (unpaired) electrons. The van der Waals surface area contributed by atoms with Crippen molar-refractivity contribution >= 4 is 5.71 Å². The summed E-state index contributed by atoms with van der Waals surface area (Å²) in [5.74, 6) is 0. The topological polar surface area (TPSA) is 39.6 Å². The summed E-state index contributed by atoms with van der Waals surface area (Å²) in [6.45, 7) is 0. The van der Waals surface area contributed by atoms with Crippen LogP contribution in [0.15, 0.2) is 24.3 Å². The quantitative estimate of drug-likeness (QED) is 0.517. The lowest BCUT2D eigenvalue weighted by atomic mass is 9.93. The van der Waals surface area contributed by atoms with Crippen LogP contribution in [0, 0.1) is 0 Å². The normalized spacial score (nSPS) is 26.1. The first-order valence-electron chi connectivity index (χ1n) is 6.11. The molecule has 16 heavy (non-hydrogen) atoms. The van der Waals surface area contributed by atoms with Crippen LogP contribution in [-0.4, -0.2) is 34.5 Å². The van der Waals surface area contributed by atoms with Gasteiger partial charge in [-0.3, -0.25) is 4.90 Å². The van der Waals surface area contributed by atoms with Crippen molar-refractivity contribution in [1.82, 2.24) is 4.90 Å². The average molecular weight is 217 g/mol. The monoisotopic (exact) mass is 217 g/mol. The molecule has 0 saturated heterocycles. The van der Waals surface area contributed by atoms with E-state index in [1.807, 2.05) is 12.2 Å². The second kappa shape index (κ2) is 5.24. The Balaban J connectivity index is 1.98. The minimum absolute atomic E-state index is 0.355. The Morgan fingerprint density at radius 2 is 1.81 bits per heavy atom. The van der Waals surface area contributed by atoms with Gasteiger partial charge < -0.3 is 5.53 Å². The molecule has 0 amide bonds. The van der Waals surface area contributed by atoms with E-state index in [1.54, 1.807) is 0 Å². The van der Waals surface area contributed by atoms with E-state index in [4.69, 9.17) is 5.53 Å². The molecule has 1 saturated carbocycles. The second-order valence-corrected chi connectivity index (χ2v) is 4.69. The van der Waals surface area contributed by atoms with Crippen molar-refractivity contribution in [1.29, 1.82) is 0 Å². The fourth-order valence-electron chi connectivity index (χ4n) is 2.58. The molecule has 0 spiro atoms. The minimum atomic E-state index is 0.355. The van der Waals surface area contributed by atoms with E-state index in [1.165, 1.54) is 32.1 Å². The van der Waals surface area contributed by atoms with E-state index < -0.39 is 0 Å². The molecule has 1 fully saturated rings. The summed E-state index contributed by atoms with van der Waals surface area (Å²) in [5.41, 5.74) is 9.27. The maximum atomic E-state index is 8.64. The minimum Gasteiger partial charge on any atom is -0.361 e. The van der Waals surface area contributed by atoms with Crippen molar-refractivity contribution in [3.63, 3.8) is 0 Å². The first-order valence-corrected chi connectivity index (χ1v) is 6.11. The van der Waals surface area contributed by atoms with Gasteiger partial charge in [-0.15, -0.1) is 0 Å². The van der Waals surface area contributed by atoms with Gasteiger partial charge in [0.1, 0.15) is 0 Å². The van der Waals surface area contributed by atoms with Crippen LogP contribution in [0.25, 0.3) is 5.53 Å². The van der Waals surface area contributed by atoms with Crippen molar-refractivity contribution in [2.75, 3.05) is 7.05 Å². The lowest BCUT2D eigenvalue weighted by molar-refractivity contribution is -0.00177. The maximum Gasteiger partial charge on any atom is 0.314 e. The molecule has 2 rings (SSSR count). The van der Waals surface area contributed by atoms with Crippen LogP contribution in [-0.2, 0) is 0 Å². The Kier molecular flexibility index (Phi) is 3.70. The van der Waals surface area contributed by atoms with E-state index in [2.05, 4.69) is 28.9 Å². The molecule has 0 atom stereocenters. The molecule has 0 aliphatic heterocycles. The molecular weight excluding hydrogens is 198 g/mol. The van der Waals surface area contributed by atoms with Gasteiger partial charge in [0.05, 0.1) is 0 Å². The molecule has 3 nitrogen and oxygen atoms in total. The predicted molar refractivity (Wildman–Crippen MR) is 65.3 cm³/mol. The standard InChI is InChI=1S/C13H19N3/c1-16(12-5-3-2-4-6-12)13-9-7-11(15-14)8-10-13/h7-10,12-13H,2-6H2,1H3. The number of rotatable bonds is 2. The molecule has 0 aromatic rings. The van der Waals surface area contributed by atoms with Crippen LogP contribution in [0.3, 0.4) is 0 Å². The molecule has 0 aromatic carbocycles. The van der Waals surface area contributed by atoms with Gasteiger partial charge in [0.2, 0.25) is 0 Å². The van der Waals surface area contributed by atoms with Crippen LogP contribution < -0.4 is 0 Å². The van der Waals surface area contributed by atoms with Crippen molar-refractivity contribution in [2.45, 2.75) is 44.2 Å². The smallest absolute Gasteiger partial charge is 0.314 e. The Morgan fingerprint density at radius 3 is 2.38 bits per heavy atom. The summed E-state index contributed by atoms with van der Waals surface area (Å²) in [7, 11) is 2.19. The van der Waals surface area contributed by atoms with Crippen molar-refractivity contribution in [2.24, 2.45) is 0 Å². The summed E-state index contributed by atoms with van der Waals surface area (Å²) in [5, 5.41) is 0. The van der Waals surface area contributed by atoms with E-state index in [0.717, 1.165) is 0 Å². The van der Waals surface area contributed by atoms with Crippen LogP contribution in [0.5, 0.6) is 0 Å². The summed E-state index contributed by atoms with van der Waals surface area (Å²) in [6.07, 6.45) is 14.7. The first-order chi connectivity index (χ1) is 7.81. The molecule has 0 bridgehead atoms. The van der Waals surface area contributed by atoms with E-state index in [-0.39, 0.29) is 0 Å². The van der Waals surface area contributed by atoms with Crippen LogP contribution in [0.2, 0.25) is 0 Å². The summed E-state index contributed by atoms with van der Waals surface area (Å²) in [6, 6.07) is 1.06. The zero-order valence-electron chi connectivity index (χ0n) is 9.84. The summed E-state index contributed by atoms with van der Waals surface area (Å²) < 4.78 is 0. The lowest BCUT2D eigenvalue weighted by Gasteiger charge is -2.35. The maximum absolute atomic E-state index is 8.64. The Morgan fingerprint density at radius 1 is 1.19 bits per heavy atom. The highest BCUT2D eigenvalue weighted by molar-refractivity contribution is 6.00. The molecule has 2 aliphatic rings. The van der Waals surface area contributed by atoms with Gasteiger partial charge in [-0.25, -0.2) is 0 Å². The highest BCUT2D eigenvalue weighted by Gasteiger charge is 2.23. The Hall–Kier alpha value is -1.18. The van der Waals surface area contributed by atoms with Gasteiger partial charge >= 0.3 is 5.71 Å². The Labute approximate surface area is 97.1 Å². The largest absolute Gasteiger partial charge is 0.361 e. The number of likely N-dealkylation sites (N-methyl/N-ethyl adjacent to an activating group) is 1. The zero-order valence-corrected chi connectivity index (χ0v) is 9.84. The van der Waals surface area contributed by atoms with E-state index in [9.17, 15) is 0 Å². The van der Waals surface area contributed by atoms with E-state index in [0.29, 0.717) is 17.8 Å². The van der Waals surface area contributed by atoms with Crippen molar-refractivity contribution < 1.29 is 4.79 Å². The molecule has 86 valence electrons. The third kappa shape index (κ3) is 2.49. The SMILES string of the molecule is CN(C1C=CC(=[N+]=[N-])C=C1)C1CCCCC1. The third-order valence-electron chi connectivity index (χ3n) is 3.66. The molecular formula is C13H19N3. The van der Waals surface area contributed by atoms with Gasteiger partial charge in [-0.1, -0.05) is 31.4 Å². The van der Waals surface area contributed by atoms with Gasteiger partial charge in [0.15, 0.2) is 0 Å². The van der Waals surface area contributed by atoms with Gasteiger partial charge in [0, 0.05) is 24.2 Å². The fourth-order valence-corrected chi connectivity index (χ4v) is 2.58. The van der Waals surface area contributed by atoms with Crippen molar-refractivity contribution in [3.05, 3.63) is 29.8 Å². The third-order valence-corrected chi connectivity index (χ3v) is 3.66. The Bertz CT molecular complexity index is 328. The molecule has 0 unspecified atom stereocenters. The zero-order chi connectivity index (χ0) is 11.4. The summed E-state index contributed by atoms with van der Waals surface area (Å²) in [4.78, 5) is 5.61. The lowest BCUT2D eigenvalue weighted by Crippen LogP contribution is -2.40.